The van der Waals surface area contributed by atoms with Gasteiger partial charge in [0.05, 0.1) is 19.3 Å². The molecule has 2 aromatic rings. The number of carbonyl (C=O) groups is 1. The van der Waals surface area contributed by atoms with Gasteiger partial charge in [0, 0.05) is 10.6 Å². The van der Waals surface area contributed by atoms with Gasteiger partial charge in [-0.05, 0) is 31.2 Å². The molecule has 0 saturated heterocycles. The van der Waals surface area contributed by atoms with E-state index >= 15 is 0 Å². The van der Waals surface area contributed by atoms with Crippen molar-refractivity contribution < 1.29 is 14.4 Å². The molecule has 0 spiro atoms. The lowest BCUT2D eigenvalue weighted by atomic mass is 10.2. The van der Waals surface area contributed by atoms with Gasteiger partial charge in [-0.2, -0.15) is 0 Å². The maximum absolute atomic E-state index is 12.3. The molecule has 0 aromatic heterocycles. The Balaban J connectivity index is 1.97. The zero-order chi connectivity index (χ0) is 16.7. The van der Waals surface area contributed by atoms with Crippen LogP contribution >= 0.6 is 11.6 Å². The molecule has 0 bridgehead atoms. The van der Waals surface area contributed by atoms with Crippen LogP contribution in [0.15, 0.2) is 48.5 Å². The smallest absolute Gasteiger partial charge is 0.279 e. The van der Waals surface area contributed by atoms with Gasteiger partial charge in [-0.1, -0.05) is 35.9 Å². The van der Waals surface area contributed by atoms with Crippen molar-refractivity contribution in [3.05, 3.63) is 59.1 Å². The van der Waals surface area contributed by atoms with Gasteiger partial charge in [-0.25, -0.2) is 0 Å². The molecule has 1 unspecified atom stereocenters. The number of para-hydroxylation sites is 2. The molecule has 0 aliphatic heterocycles. The minimum Gasteiger partial charge on any atom is -0.495 e. The van der Waals surface area contributed by atoms with Crippen LogP contribution in [0.4, 0.5) is 5.69 Å². The number of methoxy groups -OCH3 is 1. The van der Waals surface area contributed by atoms with E-state index in [4.69, 9.17) is 16.3 Å². The van der Waals surface area contributed by atoms with Gasteiger partial charge in [-0.15, -0.1) is 0 Å². The summed E-state index contributed by atoms with van der Waals surface area (Å²) < 4.78 is 5.25. The highest BCUT2D eigenvalue weighted by Gasteiger charge is 2.15. The second kappa shape index (κ2) is 8.56. The van der Waals surface area contributed by atoms with Crippen LogP contribution in [0.5, 0.6) is 5.75 Å². The topological polar surface area (TPSA) is 42.8 Å². The van der Waals surface area contributed by atoms with Crippen molar-refractivity contribution in [2.45, 2.75) is 13.5 Å². The predicted molar refractivity (Wildman–Crippen MR) is 93.2 cm³/mol. The third-order valence-electron chi connectivity index (χ3n) is 3.63. The average Bonchev–Trinajstić information content (AvgIpc) is 2.54. The lowest BCUT2D eigenvalue weighted by Crippen LogP contribution is -3.11. The van der Waals surface area contributed by atoms with E-state index in [9.17, 15) is 4.79 Å². The summed E-state index contributed by atoms with van der Waals surface area (Å²) in [6.45, 7) is 4.07. The molecule has 1 atom stereocenters. The number of amides is 1. The summed E-state index contributed by atoms with van der Waals surface area (Å²) in [5.74, 6) is 0.627. The van der Waals surface area contributed by atoms with E-state index < -0.39 is 0 Å². The van der Waals surface area contributed by atoms with Crippen LogP contribution in [0.3, 0.4) is 0 Å². The average molecular weight is 334 g/mol. The number of anilines is 1. The number of halogens is 1. The largest absolute Gasteiger partial charge is 0.495 e. The molecule has 0 aliphatic rings. The molecular formula is C18H22ClN2O2+. The molecule has 0 fully saturated rings. The molecule has 0 radical (unpaired) electrons. The van der Waals surface area contributed by atoms with Gasteiger partial charge < -0.3 is 15.0 Å². The van der Waals surface area contributed by atoms with E-state index in [1.54, 1.807) is 7.11 Å². The van der Waals surface area contributed by atoms with Crippen molar-refractivity contribution in [2.24, 2.45) is 0 Å². The Morgan fingerprint density at radius 3 is 2.70 bits per heavy atom. The maximum atomic E-state index is 12.3. The summed E-state index contributed by atoms with van der Waals surface area (Å²) in [5, 5.41) is 3.63. The molecule has 5 heteroatoms. The monoisotopic (exact) mass is 333 g/mol. The highest BCUT2D eigenvalue weighted by molar-refractivity contribution is 6.30. The molecule has 122 valence electrons. The number of nitrogens with one attached hydrogen (secondary N) is 2. The summed E-state index contributed by atoms with van der Waals surface area (Å²) in [4.78, 5) is 13.5. The van der Waals surface area contributed by atoms with Gasteiger partial charge in [0.2, 0.25) is 0 Å². The van der Waals surface area contributed by atoms with Crippen molar-refractivity contribution in [3.8, 4) is 5.75 Å². The summed E-state index contributed by atoms with van der Waals surface area (Å²) in [6, 6.07) is 15.1. The van der Waals surface area contributed by atoms with E-state index in [1.165, 1.54) is 4.90 Å². The lowest BCUT2D eigenvalue weighted by molar-refractivity contribution is -0.903. The molecular weight excluding hydrogens is 312 g/mol. The van der Waals surface area contributed by atoms with Gasteiger partial charge >= 0.3 is 0 Å². The maximum Gasteiger partial charge on any atom is 0.279 e. The van der Waals surface area contributed by atoms with E-state index in [2.05, 4.69) is 12.2 Å². The fourth-order valence-corrected chi connectivity index (χ4v) is 2.63. The number of carbonyl (C=O) groups excluding carboxylic acids is 1. The zero-order valence-corrected chi connectivity index (χ0v) is 14.2. The van der Waals surface area contributed by atoms with E-state index in [-0.39, 0.29) is 5.91 Å². The van der Waals surface area contributed by atoms with Crippen LogP contribution in [-0.4, -0.2) is 26.1 Å². The lowest BCUT2D eigenvalue weighted by Gasteiger charge is -2.18. The third kappa shape index (κ3) is 5.27. The highest BCUT2D eigenvalue weighted by Crippen LogP contribution is 2.22. The second-order valence-electron chi connectivity index (χ2n) is 5.34. The fraction of sp³-hybridized carbons (Fsp3) is 0.278. The van der Waals surface area contributed by atoms with Gasteiger partial charge in [0.1, 0.15) is 12.3 Å². The normalized spacial score (nSPS) is 11.8. The zero-order valence-electron chi connectivity index (χ0n) is 13.4. The third-order valence-corrected chi connectivity index (χ3v) is 3.87. The standard InChI is InChI=1S/C18H21ClN2O2/c1-3-21(12-14-7-6-8-15(19)11-14)13-18(22)20-16-9-4-5-10-17(16)23-2/h4-11H,3,12-13H2,1-2H3,(H,20,22)/p+1. The number of rotatable bonds is 7. The van der Waals surface area contributed by atoms with Crippen molar-refractivity contribution in [3.63, 3.8) is 0 Å². The van der Waals surface area contributed by atoms with Crippen LogP contribution < -0.4 is 15.0 Å². The van der Waals surface area contributed by atoms with Gasteiger partial charge in [0.15, 0.2) is 6.54 Å². The Morgan fingerprint density at radius 1 is 1.22 bits per heavy atom. The van der Waals surface area contributed by atoms with Crippen molar-refractivity contribution in [2.75, 3.05) is 25.5 Å². The minimum atomic E-state index is -0.0339. The van der Waals surface area contributed by atoms with Crippen LogP contribution in [0.25, 0.3) is 0 Å². The fourth-order valence-electron chi connectivity index (χ4n) is 2.42. The van der Waals surface area contributed by atoms with Gasteiger partial charge in [-0.3, -0.25) is 4.79 Å². The Kier molecular flexibility index (Phi) is 6.44. The molecule has 4 nitrogen and oxygen atoms in total. The Hall–Kier alpha value is -2.04. The van der Waals surface area contributed by atoms with Crippen molar-refractivity contribution in [1.29, 1.82) is 0 Å². The number of ether oxygens (including phenoxy) is 1. The predicted octanol–water partition coefficient (Wildman–Crippen LogP) is 2.39. The van der Waals surface area contributed by atoms with Crippen molar-refractivity contribution >= 4 is 23.2 Å². The number of hydrogen-bond donors (Lipinski definition) is 2. The Morgan fingerprint density at radius 2 is 2.00 bits per heavy atom. The van der Waals surface area contributed by atoms with Gasteiger partial charge in [0.25, 0.3) is 5.91 Å². The van der Waals surface area contributed by atoms with E-state index in [0.717, 1.165) is 23.7 Å². The minimum absolute atomic E-state index is 0.0339. The molecule has 1 amide bonds. The number of hydrogen-bond acceptors (Lipinski definition) is 2. The summed E-state index contributed by atoms with van der Waals surface area (Å²) in [6.07, 6.45) is 0. The van der Waals surface area contributed by atoms with E-state index in [0.29, 0.717) is 18.0 Å². The first-order valence-electron chi connectivity index (χ1n) is 7.63. The number of quaternary nitrogens is 1. The van der Waals surface area contributed by atoms with E-state index in [1.807, 2.05) is 48.5 Å². The van der Waals surface area contributed by atoms with Crippen LogP contribution in [0.2, 0.25) is 5.02 Å². The molecule has 2 rings (SSSR count). The molecule has 0 aliphatic carbocycles. The summed E-state index contributed by atoms with van der Waals surface area (Å²) >= 11 is 6.02. The molecule has 23 heavy (non-hydrogen) atoms. The van der Waals surface area contributed by atoms with Crippen molar-refractivity contribution in [1.82, 2.24) is 0 Å². The van der Waals surface area contributed by atoms with Crippen LogP contribution in [0.1, 0.15) is 12.5 Å². The first-order valence-corrected chi connectivity index (χ1v) is 8.01. The highest BCUT2D eigenvalue weighted by atomic mass is 35.5. The molecule has 2 aromatic carbocycles. The van der Waals surface area contributed by atoms with Crippen LogP contribution in [0, 0.1) is 0 Å². The second-order valence-corrected chi connectivity index (χ2v) is 5.77. The summed E-state index contributed by atoms with van der Waals surface area (Å²) in [5.41, 5.74) is 1.82. The quantitative estimate of drug-likeness (QED) is 0.817. The first kappa shape index (κ1) is 17.3. The number of likely N-dealkylation sites (N-methyl/N-ethyl adjacent to an activating group) is 1. The SMILES string of the molecule is CC[NH+](CC(=O)Nc1ccccc1OC)Cc1cccc(Cl)c1. The molecule has 0 heterocycles. The Labute approximate surface area is 142 Å². The Bertz CT molecular complexity index is 661. The molecule has 2 N–H and O–H groups in total. The molecule has 0 saturated carbocycles. The number of benzene rings is 2. The van der Waals surface area contributed by atoms with Crippen LogP contribution in [-0.2, 0) is 11.3 Å². The first-order chi connectivity index (χ1) is 11.1. The summed E-state index contributed by atoms with van der Waals surface area (Å²) in [7, 11) is 1.59.